The number of carbonyl (C=O) groups is 1. The van der Waals surface area contributed by atoms with E-state index in [0.717, 1.165) is 26.4 Å². The van der Waals surface area contributed by atoms with E-state index in [0.29, 0.717) is 43.1 Å². The minimum Gasteiger partial charge on any atom is -0.443 e. The number of fused-ring (bicyclic) bond motifs is 3. The van der Waals surface area contributed by atoms with Crippen molar-refractivity contribution in [3.05, 3.63) is 90.3 Å². The molecule has 9 nitrogen and oxygen atoms in total. The Hall–Kier alpha value is -4.49. The highest BCUT2D eigenvalue weighted by Crippen LogP contribution is 2.38. The van der Waals surface area contributed by atoms with Crippen molar-refractivity contribution in [1.82, 2.24) is 15.0 Å². The second-order valence-corrected chi connectivity index (χ2v) is 12.7. The van der Waals surface area contributed by atoms with E-state index in [2.05, 4.69) is 15.3 Å². The van der Waals surface area contributed by atoms with E-state index in [4.69, 9.17) is 9.40 Å². The summed E-state index contributed by atoms with van der Waals surface area (Å²) in [5.41, 5.74) is 5.90. The highest BCUT2D eigenvalue weighted by atomic mass is 32.2. The van der Waals surface area contributed by atoms with E-state index in [1.54, 1.807) is 37.3 Å². The minimum absolute atomic E-state index is 0.101. The van der Waals surface area contributed by atoms with Crippen molar-refractivity contribution >= 4 is 75.9 Å². The molecule has 7 aromatic rings. The molecule has 0 fully saturated rings. The Balaban J connectivity index is 1.15. The van der Waals surface area contributed by atoms with Gasteiger partial charge in [-0.25, -0.2) is 15.0 Å². The number of nitrogens with one attached hydrogen (secondary N) is 1. The predicted octanol–water partition coefficient (Wildman–Crippen LogP) is 7.19. The third-order valence-corrected chi connectivity index (χ3v) is 9.96. The maximum atomic E-state index is 12.7. The third-order valence-electron chi connectivity index (χ3n) is 6.59. The third kappa shape index (κ3) is 4.66. The molecule has 12 heteroatoms. The van der Waals surface area contributed by atoms with Crippen molar-refractivity contribution in [2.75, 3.05) is 5.32 Å². The van der Waals surface area contributed by atoms with Crippen LogP contribution >= 0.6 is 22.7 Å². The summed E-state index contributed by atoms with van der Waals surface area (Å²) in [7, 11) is -4.39. The Morgan fingerprint density at radius 2 is 1.56 bits per heavy atom. The van der Waals surface area contributed by atoms with Gasteiger partial charge in [0.2, 0.25) is 0 Å². The van der Waals surface area contributed by atoms with Gasteiger partial charge < -0.3 is 9.73 Å². The number of hydrogen-bond acceptors (Lipinski definition) is 9. The van der Waals surface area contributed by atoms with Gasteiger partial charge in [0.1, 0.15) is 20.4 Å². The van der Waals surface area contributed by atoms with Crippen LogP contribution in [-0.2, 0) is 10.1 Å². The second-order valence-electron chi connectivity index (χ2n) is 9.32. The molecular formula is C29H18N4O5S3. The second kappa shape index (κ2) is 9.56. The van der Waals surface area contributed by atoms with Crippen LogP contribution in [0.25, 0.3) is 52.7 Å². The van der Waals surface area contributed by atoms with E-state index in [1.807, 2.05) is 42.5 Å². The number of carbonyl (C=O) groups excluding carboxylic acids is 1. The number of aryl methyl sites for hydroxylation is 1. The number of amides is 1. The Morgan fingerprint density at radius 1 is 0.854 bits per heavy atom. The number of aromatic nitrogens is 3. The SMILES string of the molecule is Cc1ccc2nc(-c3ccc4nc(-c5ccc(NC(=O)c6ccc7ncoc7c6)cc5)sc4c3)sc2c1S(=O)(=O)O. The number of thiazole rings is 2. The van der Waals surface area contributed by atoms with Gasteiger partial charge in [0.05, 0.1) is 20.4 Å². The van der Waals surface area contributed by atoms with E-state index < -0.39 is 10.1 Å². The molecule has 0 unspecified atom stereocenters. The first-order valence-corrected chi connectivity index (χ1v) is 15.3. The monoisotopic (exact) mass is 598 g/mol. The van der Waals surface area contributed by atoms with Gasteiger partial charge in [-0.05, 0) is 79.2 Å². The lowest BCUT2D eigenvalue weighted by Crippen LogP contribution is -2.11. The molecule has 2 N–H and O–H groups in total. The Morgan fingerprint density at radius 3 is 2.37 bits per heavy atom. The van der Waals surface area contributed by atoms with Gasteiger partial charge in [-0.1, -0.05) is 6.07 Å². The number of rotatable bonds is 5. The lowest BCUT2D eigenvalue weighted by molar-refractivity contribution is 0.102. The molecule has 4 aromatic carbocycles. The molecule has 1 amide bonds. The molecule has 0 atom stereocenters. The highest BCUT2D eigenvalue weighted by Gasteiger charge is 2.21. The maximum Gasteiger partial charge on any atom is 0.296 e. The molecule has 41 heavy (non-hydrogen) atoms. The molecule has 0 bridgehead atoms. The molecule has 0 radical (unpaired) electrons. The van der Waals surface area contributed by atoms with Crippen LogP contribution in [0, 0.1) is 6.92 Å². The van der Waals surface area contributed by atoms with Crippen molar-refractivity contribution in [2.45, 2.75) is 11.8 Å². The Labute approximate surface area is 240 Å². The van der Waals surface area contributed by atoms with Crippen LogP contribution in [0.2, 0.25) is 0 Å². The molecule has 202 valence electrons. The van der Waals surface area contributed by atoms with Crippen molar-refractivity contribution in [3.63, 3.8) is 0 Å². The molecule has 0 spiro atoms. The van der Waals surface area contributed by atoms with Crippen LogP contribution < -0.4 is 5.32 Å². The topological polar surface area (TPSA) is 135 Å². The molecule has 0 saturated carbocycles. The molecule has 0 aliphatic rings. The standard InChI is InChI=1S/C29H18N4O5S3/c1-15-2-9-22-25(26(15)41(35,36)37)40-29(33-22)18-6-11-21-24(13-18)39-28(32-21)16-3-7-19(8-4-16)31-27(34)17-5-10-20-23(12-17)38-14-30-20/h2-14H,1H3,(H,31,34)(H,35,36,37). The van der Waals surface area contributed by atoms with Gasteiger partial charge in [0.25, 0.3) is 16.0 Å². The number of nitrogens with zero attached hydrogens (tertiary/aromatic N) is 3. The zero-order valence-electron chi connectivity index (χ0n) is 21.2. The van der Waals surface area contributed by atoms with Gasteiger partial charge >= 0.3 is 0 Å². The smallest absolute Gasteiger partial charge is 0.296 e. The summed E-state index contributed by atoms with van der Waals surface area (Å²) < 4.78 is 40.4. The molecule has 0 aliphatic heterocycles. The first-order valence-electron chi connectivity index (χ1n) is 12.3. The lowest BCUT2D eigenvalue weighted by atomic mass is 10.1. The van der Waals surface area contributed by atoms with Gasteiger partial charge in [0, 0.05) is 22.4 Å². The molecular weight excluding hydrogens is 581 g/mol. The summed E-state index contributed by atoms with van der Waals surface area (Å²) in [4.78, 5) is 26.1. The van der Waals surface area contributed by atoms with Crippen LogP contribution in [0.1, 0.15) is 15.9 Å². The Bertz CT molecular complexity index is 2250. The number of oxazole rings is 1. The lowest BCUT2D eigenvalue weighted by Gasteiger charge is -2.06. The van der Waals surface area contributed by atoms with Crippen LogP contribution in [0.15, 0.2) is 88.5 Å². The minimum atomic E-state index is -4.39. The summed E-state index contributed by atoms with van der Waals surface area (Å²) in [6.07, 6.45) is 1.35. The number of benzene rings is 4. The summed E-state index contributed by atoms with van der Waals surface area (Å²) in [6.45, 7) is 1.65. The van der Waals surface area contributed by atoms with Crippen molar-refractivity contribution in [3.8, 4) is 21.1 Å². The average molecular weight is 599 g/mol. The van der Waals surface area contributed by atoms with Gasteiger partial charge in [-0.3, -0.25) is 9.35 Å². The highest BCUT2D eigenvalue weighted by molar-refractivity contribution is 7.86. The first kappa shape index (κ1) is 25.5. The number of anilines is 1. The summed E-state index contributed by atoms with van der Waals surface area (Å²) in [5.74, 6) is -0.253. The normalized spacial score (nSPS) is 12.0. The molecule has 3 aromatic heterocycles. The Kier molecular flexibility index (Phi) is 5.94. The summed E-state index contributed by atoms with van der Waals surface area (Å²) in [5, 5.41) is 4.36. The van der Waals surface area contributed by atoms with E-state index in [-0.39, 0.29) is 10.8 Å². The van der Waals surface area contributed by atoms with Crippen LogP contribution in [0.4, 0.5) is 5.69 Å². The molecule has 0 saturated heterocycles. The maximum absolute atomic E-state index is 12.7. The van der Waals surface area contributed by atoms with Gasteiger partial charge in [0.15, 0.2) is 12.0 Å². The molecule has 7 rings (SSSR count). The van der Waals surface area contributed by atoms with E-state index >= 15 is 0 Å². The fourth-order valence-electron chi connectivity index (χ4n) is 4.59. The first-order chi connectivity index (χ1) is 19.7. The van der Waals surface area contributed by atoms with Crippen LogP contribution in [0.5, 0.6) is 0 Å². The molecule has 3 heterocycles. The van der Waals surface area contributed by atoms with Crippen LogP contribution in [0.3, 0.4) is 0 Å². The fraction of sp³-hybridized carbons (Fsp3) is 0.0345. The zero-order chi connectivity index (χ0) is 28.3. The predicted molar refractivity (Wildman–Crippen MR) is 160 cm³/mol. The zero-order valence-corrected chi connectivity index (χ0v) is 23.6. The van der Waals surface area contributed by atoms with Crippen molar-refractivity contribution < 1.29 is 22.2 Å². The number of hydrogen-bond donors (Lipinski definition) is 2. The van der Waals surface area contributed by atoms with Crippen LogP contribution in [-0.4, -0.2) is 33.8 Å². The van der Waals surface area contributed by atoms with E-state index in [9.17, 15) is 17.8 Å². The van der Waals surface area contributed by atoms with E-state index in [1.165, 1.54) is 29.1 Å². The summed E-state index contributed by atoms with van der Waals surface area (Å²) >= 11 is 2.75. The van der Waals surface area contributed by atoms with Gasteiger partial charge in [-0.15, -0.1) is 22.7 Å². The summed E-state index contributed by atoms with van der Waals surface area (Å²) in [6, 6.07) is 21.7. The fourth-order valence-corrected chi connectivity index (χ4v) is 7.91. The quantitative estimate of drug-likeness (QED) is 0.199. The molecule has 0 aliphatic carbocycles. The largest absolute Gasteiger partial charge is 0.443 e. The van der Waals surface area contributed by atoms with Gasteiger partial charge in [-0.2, -0.15) is 8.42 Å². The average Bonchev–Trinajstić information content (AvgIpc) is 3.69. The van der Waals surface area contributed by atoms with Crippen molar-refractivity contribution in [1.29, 1.82) is 0 Å². The van der Waals surface area contributed by atoms with Crippen molar-refractivity contribution in [2.24, 2.45) is 0 Å².